The number of hydrogen-bond acceptors (Lipinski definition) is 2. The van der Waals surface area contributed by atoms with Gasteiger partial charge in [-0.05, 0) is 35.9 Å². The van der Waals surface area contributed by atoms with Gasteiger partial charge < -0.3 is 9.64 Å². The molecule has 3 nitrogen and oxygen atoms in total. The van der Waals surface area contributed by atoms with E-state index in [1.165, 1.54) is 7.11 Å². The zero-order valence-electron chi connectivity index (χ0n) is 11.8. The molecule has 0 N–H and O–H groups in total. The average molecular weight is 369 g/mol. The van der Waals surface area contributed by atoms with Crippen molar-refractivity contribution >= 4 is 33.4 Å². The fourth-order valence-corrected chi connectivity index (χ4v) is 2.64. The van der Waals surface area contributed by atoms with Crippen molar-refractivity contribution in [2.24, 2.45) is 0 Å². The van der Waals surface area contributed by atoms with Gasteiger partial charge in [-0.25, -0.2) is 0 Å². The molecule has 0 atom stereocenters. The van der Waals surface area contributed by atoms with Crippen molar-refractivity contribution in [3.05, 3.63) is 63.1 Å². The van der Waals surface area contributed by atoms with Gasteiger partial charge in [0.1, 0.15) is 5.75 Å². The van der Waals surface area contributed by atoms with E-state index in [2.05, 4.69) is 15.9 Å². The molecule has 0 unspecified atom stereocenters. The smallest absolute Gasteiger partial charge is 0.257 e. The lowest BCUT2D eigenvalue weighted by atomic mass is 10.1. The first kappa shape index (κ1) is 15.9. The fourth-order valence-electron chi connectivity index (χ4n) is 2.03. The number of rotatable bonds is 4. The molecule has 0 aromatic heterocycles. The number of carbonyl (C=O) groups is 1. The molecule has 5 heteroatoms. The third-order valence-electron chi connectivity index (χ3n) is 3.05. The summed E-state index contributed by atoms with van der Waals surface area (Å²) in [6.45, 7) is 0.518. The third-order valence-corrected chi connectivity index (χ3v) is 3.78. The zero-order valence-corrected chi connectivity index (χ0v) is 14.1. The van der Waals surface area contributed by atoms with Gasteiger partial charge in [0.05, 0.1) is 12.7 Å². The number of amides is 1. The molecule has 110 valence electrons. The highest BCUT2D eigenvalue weighted by molar-refractivity contribution is 9.10. The van der Waals surface area contributed by atoms with E-state index < -0.39 is 0 Å². The minimum absolute atomic E-state index is 0.108. The normalized spacial score (nSPS) is 10.3. The van der Waals surface area contributed by atoms with Crippen LogP contribution in [0.1, 0.15) is 15.9 Å². The van der Waals surface area contributed by atoms with Crippen molar-refractivity contribution in [3.63, 3.8) is 0 Å². The summed E-state index contributed by atoms with van der Waals surface area (Å²) in [7, 11) is 3.29. The van der Waals surface area contributed by atoms with Crippen LogP contribution in [-0.2, 0) is 6.54 Å². The summed E-state index contributed by atoms with van der Waals surface area (Å²) in [5, 5.41) is 0.540. The zero-order chi connectivity index (χ0) is 15.4. The first-order valence-electron chi connectivity index (χ1n) is 6.34. The van der Waals surface area contributed by atoms with E-state index in [1.807, 2.05) is 24.3 Å². The molecule has 0 aliphatic heterocycles. The van der Waals surface area contributed by atoms with E-state index in [-0.39, 0.29) is 5.91 Å². The van der Waals surface area contributed by atoms with Crippen LogP contribution in [0.25, 0.3) is 0 Å². The van der Waals surface area contributed by atoms with Crippen molar-refractivity contribution < 1.29 is 9.53 Å². The van der Waals surface area contributed by atoms with E-state index in [0.29, 0.717) is 22.9 Å². The first-order chi connectivity index (χ1) is 10.0. The van der Waals surface area contributed by atoms with Crippen LogP contribution in [-0.4, -0.2) is 25.0 Å². The molecule has 21 heavy (non-hydrogen) atoms. The summed E-state index contributed by atoms with van der Waals surface area (Å²) in [5.74, 6) is 0.372. The largest absolute Gasteiger partial charge is 0.496 e. The predicted octanol–water partition coefficient (Wildman–Crippen LogP) is 4.38. The van der Waals surface area contributed by atoms with E-state index in [0.717, 1.165) is 10.0 Å². The summed E-state index contributed by atoms with van der Waals surface area (Å²) in [6.07, 6.45) is 0. The fraction of sp³-hybridized carbons (Fsp3) is 0.188. The Kier molecular flexibility index (Phi) is 5.26. The Hall–Kier alpha value is -1.52. The molecule has 0 aliphatic carbocycles. The minimum Gasteiger partial charge on any atom is -0.496 e. The standard InChI is InChI=1S/C16H15BrClNO2/c1-19(10-11-4-3-5-12(17)8-11)16(20)14-7-6-13(18)9-15(14)21-2/h3-9H,10H2,1-2H3. The Morgan fingerprint density at radius 3 is 2.71 bits per heavy atom. The van der Waals surface area contributed by atoms with Crippen LogP contribution in [0.4, 0.5) is 0 Å². The van der Waals surface area contributed by atoms with Gasteiger partial charge in [-0.2, -0.15) is 0 Å². The van der Waals surface area contributed by atoms with Gasteiger partial charge in [0.15, 0.2) is 0 Å². The predicted molar refractivity (Wildman–Crippen MR) is 87.9 cm³/mol. The van der Waals surface area contributed by atoms with Gasteiger partial charge in [-0.15, -0.1) is 0 Å². The van der Waals surface area contributed by atoms with Gasteiger partial charge in [0, 0.05) is 23.1 Å². The monoisotopic (exact) mass is 367 g/mol. The van der Waals surface area contributed by atoms with Crippen molar-refractivity contribution in [1.82, 2.24) is 4.90 Å². The number of methoxy groups -OCH3 is 1. The summed E-state index contributed by atoms with van der Waals surface area (Å²) in [4.78, 5) is 14.2. The molecule has 0 radical (unpaired) electrons. The summed E-state index contributed by atoms with van der Waals surface area (Å²) in [5.41, 5.74) is 1.55. The van der Waals surface area contributed by atoms with Crippen molar-refractivity contribution in [2.75, 3.05) is 14.2 Å². The van der Waals surface area contributed by atoms with E-state index in [1.54, 1.807) is 30.1 Å². The first-order valence-corrected chi connectivity index (χ1v) is 7.52. The Morgan fingerprint density at radius 2 is 2.05 bits per heavy atom. The highest BCUT2D eigenvalue weighted by atomic mass is 79.9. The van der Waals surface area contributed by atoms with Gasteiger partial charge in [0.25, 0.3) is 5.91 Å². The number of benzene rings is 2. The van der Waals surface area contributed by atoms with Gasteiger partial charge in [-0.3, -0.25) is 4.79 Å². The lowest BCUT2D eigenvalue weighted by molar-refractivity contribution is 0.0781. The molecule has 0 saturated carbocycles. The lowest BCUT2D eigenvalue weighted by Crippen LogP contribution is -2.26. The molecule has 1 amide bonds. The van der Waals surface area contributed by atoms with Gasteiger partial charge >= 0.3 is 0 Å². The van der Waals surface area contributed by atoms with Crippen LogP contribution >= 0.6 is 27.5 Å². The SMILES string of the molecule is COc1cc(Cl)ccc1C(=O)N(C)Cc1cccc(Br)c1. The van der Waals surface area contributed by atoms with Crippen LogP contribution in [0.5, 0.6) is 5.75 Å². The van der Waals surface area contributed by atoms with Crippen molar-refractivity contribution in [3.8, 4) is 5.75 Å². The molecule has 0 saturated heterocycles. The van der Waals surface area contributed by atoms with E-state index >= 15 is 0 Å². The van der Waals surface area contributed by atoms with E-state index in [9.17, 15) is 4.79 Å². The summed E-state index contributed by atoms with van der Waals surface area (Å²) < 4.78 is 6.22. The molecule has 0 heterocycles. The second-order valence-electron chi connectivity index (χ2n) is 4.64. The molecular weight excluding hydrogens is 354 g/mol. The highest BCUT2D eigenvalue weighted by Gasteiger charge is 2.17. The maximum absolute atomic E-state index is 12.5. The molecule has 0 fully saturated rings. The lowest BCUT2D eigenvalue weighted by Gasteiger charge is -2.19. The Morgan fingerprint density at radius 1 is 1.29 bits per heavy atom. The van der Waals surface area contributed by atoms with Crippen LogP contribution in [0.15, 0.2) is 46.9 Å². The van der Waals surface area contributed by atoms with Crippen LogP contribution < -0.4 is 4.74 Å². The minimum atomic E-state index is -0.108. The average Bonchev–Trinajstić information content (AvgIpc) is 2.46. The van der Waals surface area contributed by atoms with Gasteiger partial charge in [0.2, 0.25) is 0 Å². The molecule has 2 rings (SSSR count). The molecule has 0 bridgehead atoms. The number of halogens is 2. The second kappa shape index (κ2) is 6.96. The van der Waals surface area contributed by atoms with Crippen LogP contribution in [0.2, 0.25) is 5.02 Å². The molecule has 2 aromatic carbocycles. The molecule has 0 aliphatic rings. The van der Waals surface area contributed by atoms with Crippen molar-refractivity contribution in [2.45, 2.75) is 6.54 Å². The molecule has 0 spiro atoms. The Bertz CT molecular complexity index is 660. The number of ether oxygens (including phenoxy) is 1. The summed E-state index contributed by atoms with van der Waals surface area (Å²) in [6, 6.07) is 12.9. The number of hydrogen-bond donors (Lipinski definition) is 0. The number of nitrogens with zero attached hydrogens (tertiary/aromatic N) is 1. The van der Waals surface area contributed by atoms with Gasteiger partial charge in [-0.1, -0.05) is 39.7 Å². The molecule has 2 aromatic rings. The van der Waals surface area contributed by atoms with Crippen molar-refractivity contribution in [1.29, 1.82) is 0 Å². The topological polar surface area (TPSA) is 29.5 Å². The maximum Gasteiger partial charge on any atom is 0.257 e. The Labute approximate surface area is 137 Å². The van der Waals surface area contributed by atoms with Crippen LogP contribution in [0.3, 0.4) is 0 Å². The Balaban J connectivity index is 2.19. The third kappa shape index (κ3) is 3.99. The molecular formula is C16H15BrClNO2. The summed E-state index contributed by atoms with van der Waals surface area (Å²) >= 11 is 9.34. The second-order valence-corrected chi connectivity index (χ2v) is 5.99. The number of carbonyl (C=O) groups excluding carboxylic acids is 1. The van der Waals surface area contributed by atoms with E-state index in [4.69, 9.17) is 16.3 Å². The maximum atomic E-state index is 12.5. The quantitative estimate of drug-likeness (QED) is 0.801. The van der Waals surface area contributed by atoms with Crippen LogP contribution in [0, 0.1) is 0 Å². The highest BCUT2D eigenvalue weighted by Crippen LogP contribution is 2.24.